The van der Waals surface area contributed by atoms with E-state index in [1.165, 1.54) is 18.4 Å². The van der Waals surface area contributed by atoms with Crippen molar-refractivity contribution in [1.29, 1.82) is 0 Å². The van der Waals surface area contributed by atoms with Gasteiger partial charge in [0.05, 0.1) is 11.7 Å². The summed E-state index contributed by atoms with van der Waals surface area (Å²) in [5.74, 6) is 0.661. The van der Waals surface area contributed by atoms with E-state index in [-0.39, 0.29) is 0 Å². The molecular formula is C11H14N4. The van der Waals surface area contributed by atoms with Crippen LogP contribution in [0.15, 0.2) is 24.5 Å². The van der Waals surface area contributed by atoms with Crippen LogP contribution in [0.25, 0.3) is 5.52 Å². The first-order valence-corrected chi connectivity index (χ1v) is 5.45. The van der Waals surface area contributed by atoms with Crippen LogP contribution in [-0.2, 0) is 0 Å². The average molecular weight is 202 g/mol. The third kappa shape index (κ3) is 1.51. The molecule has 78 valence electrons. The zero-order chi connectivity index (χ0) is 10.1. The highest BCUT2D eigenvalue weighted by Gasteiger charge is 2.17. The molecule has 0 radical (unpaired) electrons. The molecule has 0 spiro atoms. The molecule has 0 unspecified atom stereocenters. The first-order valence-electron chi connectivity index (χ1n) is 5.45. The third-order valence-corrected chi connectivity index (χ3v) is 3.15. The van der Waals surface area contributed by atoms with Crippen molar-refractivity contribution < 1.29 is 0 Å². The van der Waals surface area contributed by atoms with Crippen molar-refractivity contribution in [3.8, 4) is 0 Å². The third-order valence-electron chi connectivity index (χ3n) is 3.15. The zero-order valence-corrected chi connectivity index (χ0v) is 8.56. The molecule has 15 heavy (non-hydrogen) atoms. The second kappa shape index (κ2) is 3.62. The molecular weight excluding hydrogens is 188 g/mol. The van der Waals surface area contributed by atoms with E-state index in [2.05, 4.69) is 27.8 Å². The smallest absolute Gasteiger partial charge is 0.0899 e. The topological polar surface area (TPSA) is 42.2 Å². The number of hydrogen-bond donors (Lipinski definition) is 1. The number of nitrogens with zero attached hydrogens (tertiary/aromatic N) is 3. The Kier molecular flexibility index (Phi) is 2.14. The van der Waals surface area contributed by atoms with E-state index < -0.39 is 0 Å². The number of aromatic nitrogens is 3. The molecule has 3 heterocycles. The van der Waals surface area contributed by atoms with Gasteiger partial charge in [-0.15, -0.1) is 5.10 Å². The maximum Gasteiger partial charge on any atom is 0.0899 e. The van der Waals surface area contributed by atoms with Gasteiger partial charge in [0, 0.05) is 6.20 Å². The van der Waals surface area contributed by atoms with Crippen LogP contribution in [0.3, 0.4) is 0 Å². The predicted molar refractivity (Wildman–Crippen MR) is 57.8 cm³/mol. The van der Waals surface area contributed by atoms with Crippen LogP contribution in [0.5, 0.6) is 0 Å². The fourth-order valence-electron chi connectivity index (χ4n) is 2.35. The van der Waals surface area contributed by atoms with Gasteiger partial charge in [-0.1, -0.05) is 11.3 Å². The van der Waals surface area contributed by atoms with Crippen LogP contribution < -0.4 is 5.32 Å². The quantitative estimate of drug-likeness (QED) is 0.755. The van der Waals surface area contributed by atoms with Gasteiger partial charge in [0.1, 0.15) is 0 Å². The largest absolute Gasteiger partial charge is 0.317 e. The van der Waals surface area contributed by atoms with E-state index in [9.17, 15) is 0 Å². The summed E-state index contributed by atoms with van der Waals surface area (Å²) in [6.07, 6.45) is 6.24. The van der Waals surface area contributed by atoms with Gasteiger partial charge in [-0.25, -0.2) is 4.52 Å². The Morgan fingerprint density at radius 2 is 2.20 bits per heavy atom. The normalized spacial score (nSPS) is 18.4. The van der Waals surface area contributed by atoms with Crippen molar-refractivity contribution in [2.24, 2.45) is 0 Å². The molecule has 1 N–H and O–H groups in total. The molecule has 2 aromatic heterocycles. The Balaban J connectivity index is 2.05. The van der Waals surface area contributed by atoms with Crippen molar-refractivity contribution in [3.63, 3.8) is 0 Å². The lowest BCUT2D eigenvalue weighted by molar-refractivity contribution is 0.461. The monoisotopic (exact) mass is 202 g/mol. The maximum absolute atomic E-state index is 4.03. The summed E-state index contributed by atoms with van der Waals surface area (Å²) < 4.78 is 1.86. The second-order valence-corrected chi connectivity index (χ2v) is 4.05. The van der Waals surface area contributed by atoms with Crippen LogP contribution in [0, 0.1) is 0 Å². The van der Waals surface area contributed by atoms with Gasteiger partial charge >= 0.3 is 0 Å². The molecule has 0 aromatic carbocycles. The van der Waals surface area contributed by atoms with E-state index in [0.29, 0.717) is 5.92 Å². The lowest BCUT2D eigenvalue weighted by atomic mass is 9.90. The molecule has 3 rings (SSSR count). The van der Waals surface area contributed by atoms with Gasteiger partial charge in [-0.2, -0.15) is 0 Å². The molecule has 4 nitrogen and oxygen atoms in total. The minimum atomic E-state index is 0.661. The summed E-state index contributed by atoms with van der Waals surface area (Å²) in [6.45, 7) is 2.24. The summed E-state index contributed by atoms with van der Waals surface area (Å²) in [7, 11) is 0. The molecule has 0 atom stereocenters. The van der Waals surface area contributed by atoms with Gasteiger partial charge < -0.3 is 5.32 Å². The number of hydrogen-bond acceptors (Lipinski definition) is 3. The predicted octanol–water partition coefficient (Wildman–Crippen LogP) is 1.20. The van der Waals surface area contributed by atoms with Crippen molar-refractivity contribution in [3.05, 3.63) is 30.1 Å². The van der Waals surface area contributed by atoms with Crippen molar-refractivity contribution >= 4 is 5.52 Å². The zero-order valence-electron chi connectivity index (χ0n) is 8.56. The number of pyridine rings is 1. The Hall–Kier alpha value is -1.42. The first kappa shape index (κ1) is 8.85. The van der Waals surface area contributed by atoms with Gasteiger partial charge in [0.15, 0.2) is 0 Å². The van der Waals surface area contributed by atoms with Crippen molar-refractivity contribution in [2.75, 3.05) is 13.1 Å². The highest BCUT2D eigenvalue weighted by atomic mass is 15.4. The van der Waals surface area contributed by atoms with E-state index in [4.69, 9.17) is 0 Å². The van der Waals surface area contributed by atoms with E-state index in [1.807, 2.05) is 16.9 Å². The second-order valence-electron chi connectivity index (χ2n) is 4.05. The number of rotatable bonds is 1. The minimum Gasteiger partial charge on any atom is -0.317 e. The fourth-order valence-corrected chi connectivity index (χ4v) is 2.35. The summed E-state index contributed by atoms with van der Waals surface area (Å²) >= 11 is 0. The highest BCUT2D eigenvalue weighted by Crippen LogP contribution is 2.27. The first-order chi connectivity index (χ1) is 7.45. The molecule has 0 aliphatic carbocycles. The van der Waals surface area contributed by atoms with Crippen LogP contribution >= 0.6 is 0 Å². The summed E-state index contributed by atoms with van der Waals surface area (Å²) in [4.78, 5) is 0. The van der Waals surface area contributed by atoms with Gasteiger partial charge in [0.25, 0.3) is 0 Å². The SMILES string of the molecule is c1cc(C2CCNCC2)c2cnnn2c1. The Labute approximate surface area is 88.3 Å². The Bertz CT molecular complexity index is 456. The molecule has 1 saturated heterocycles. The molecule has 0 amide bonds. The molecule has 4 heteroatoms. The summed E-state index contributed by atoms with van der Waals surface area (Å²) in [5.41, 5.74) is 2.55. The molecule has 1 fully saturated rings. The molecule has 1 aliphatic heterocycles. The maximum atomic E-state index is 4.03. The standard InChI is InChI=1S/C11H14N4/c1-2-10(9-3-5-12-6-4-9)11-8-13-14-15(11)7-1/h1-2,7-9,12H,3-6H2. The lowest BCUT2D eigenvalue weighted by Crippen LogP contribution is -2.26. The molecule has 0 bridgehead atoms. The van der Waals surface area contributed by atoms with Crippen LogP contribution in [0.1, 0.15) is 24.3 Å². The van der Waals surface area contributed by atoms with Crippen molar-refractivity contribution in [1.82, 2.24) is 20.1 Å². The Morgan fingerprint density at radius 1 is 1.33 bits per heavy atom. The van der Waals surface area contributed by atoms with Crippen molar-refractivity contribution in [2.45, 2.75) is 18.8 Å². The van der Waals surface area contributed by atoms with E-state index >= 15 is 0 Å². The van der Waals surface area contributed by atoms with Crippen LogP contribution in [0.4, 0.5) is 0 Å². The van der Waals surface area contributed by atoms with Crippen LogP contribution in [-0.4, -0.2) is 27.9 Å². The van der Waals surface area contributed by atoms with Gasteiger partial charge in [-0.3, -0.25) is 0 Å². The molecule has 2 aromatic rings. The highest BCUT2D eigenvalue weighted by molar-refractivity contribution is 5.53. The summed E-state index contributed by atoms with van der Waals surface area (Å²) in [5, 5.41) is 11.4. The lowest BCUT2D eigenvalue weighted by Gasteiger charge is -2.23. The Morgan fingerprint density at radius 3 is 3.07 bits per heavy atom. The van der Waals surface area contributed by atoms with Crippen LogP contribution in [0.2, 0.25) is 0 Å². The number of fused-ring (bicyclic) bond motifs is 1. The summed E-state index contributed by atoms with van der Waals surface area (Å²) in [6, 6.07) is 4.26. The van der Waals surface area contributed by atoms with E-state index in [1.54, 1.807) is 0 Å². The number of piperidine rings is 1. The molecule has 0 saturated carbocycles. The van der Waals surface area contributed by atoms with E-state index in [0.717, 1.165) is 18.6 Å². The molecule has 1 aliphatic rings. The average Bonchev–Trinajstić information content (AvgIpc) is 2.78. The number of nitrogens with one attached hydrogen (secondary N) is 1. The fraction of sp³-hybridized carbons (Fsp3) is 0.455. The minimum absolute atomic E-state index is 0.661. The van der Waals surface area contributed by atoms with Gasteiger partial charge in [-0.05, 0) is 43.5 Å². The van der Waals surface area contributed by atoms with Gasteiger partial charge in [0.2, 0.25) is 0 Å².